The Kier molecular flexibility index (Phi) is 3.33. The summed E-state index contributed by atoms with van der Waals surface area (Å²) in [5, 5.41) is 0. The second-order valence-electron chi connectivity index (χ2n) is 6.64. The Labute approximate surface area is 101 Å². The number of rotatable bonds is 4. The van der Waals surface area contributed by atoms with Gasteiger partial charge >= 0.3 is 0 Å². The fourth-order valence-corrected chi connectivity index (χ4v) is 3.87. The average Bonchev–Trinajstić information content (AvgIpc) is 3.01. The van der Waals surface area contributed by atoms with Gasteiger partial charge in [0, 0.05) is 18.1 Å². The minimum Gasteiger partial charge on any atom is -0.329 e. The third kappa shape index (κ3) is 2.28. The van der Waals surface area contributed by atoms with Gasteiger partial charge in [0.2, 0.25) is 0 Å². The summed E-state index contributed by atoms with van der Waals surface area (Å²) in [7, 11) is 0. The van der Waals surface area contributed by atoms with Crippen molar-refractivity contribution >= 4 is 0 Å². The molecule has 2 rings (SSSR count). The van der Waals surface area contributed by atoms with Crippen molar-refractivity contribution in [1.82, 2.24) is 4.90 Å². The molecule has 0 spiro atoms. The molecule has 0 heterocycles. The first-order chi connectivity index (χ1) is 7.53. The molecule has 0 aromatic carbocycles. The molecular weight excluding hydrogens is 196 g/mol. The Morgan fingerprint density at radius 3 is 2.38 bits per heavy atom. The molecule has 94 valence electrons. The Balaban J connectivity index is 2.16. The second kappa shape index (κ2) is 4.30. The Hall–Kier alpha value is -0.0800. The number of hydrogen-bond donors (Lipinski definition) is 1. The molecule has 0 bridgehead atoms. The third-order valence-corrected chi connectivity index (χ3v) is 4.62. The largest absolute Gasteiger partial charge is 0.329 e. The third-order valence-electron chi connectivity index (χ3n) is 4.62. The fraction of sp³-hybridized carbons (Fsp3) is 1.00. The van der Waals surface area contributed by atoms with Gasteiger partial charge in [-0.05, 0) is 44.1 Å². The first-order valence-electron chi connectivity index (χ1n) is 7.00. The maximum Gasteiger partial charge on any atom is 0.0339 e. The van der Waals surface area contributed by atoms with Crippen LogP contribution in [0.4, 0.5) is 0 Å². The van der Waals surface area contributed by atoms with E-state index in [-0.39, 0.29) is 0 Å². The highest BCUT2D eigenvalue weighted by Gasteiger charge is 2.47. The van der Waals surface area contributed by atoms with Crippen molar-refractivity contribution in [3.8, 4) is 0 Å². The quantitative estimate of drug-likeness (QED) is 0.795. The van der Waals surface area contributed by atoms with E-state index in [2.05, 4.69) is 25.7 Å². The van der Waals surface area contributed by atoms with Crippen LogP contribution in [0.25, 0.3) is 0 Å². The van der Waals surface area contributed by atoms with E-state index in [1.54, 1.807) is 0 Å². The first kappa shape index (κ1) is 12.4. The molecule has 0 saturated heterocycles. The summed E-state index contributed by atoms with van der Waals surface area (Å²) in [5.74, 6) is 0. The van der Waals surface area contributed by atoms with Crippen LogP contribution in [0.2, 0.25) is 0 Å². The summed E-state index contributed by atoms with van der Waals surface area (Å²) in [5.41, 5.74) is 6.96. The Bertz CT molecular complexity index is 245. The molecule has 2 fully saturated rings. The molecule has 2 heteroatoms. The highest BCUT2D eigenvalue weighted by atomic mass is 15.3. The highest BCUT2D eigenvalue weighted by Crippen LogP contribution is 2.46. The van der Waals surface area contributed by atoms with Crippen molar-refractivity contribution in [2.45, 2.75) is 70.9 Å². The Morgan fingerprint density at radius 1 is 1.25 bits per heavy atom. The molecule has 1 atom stereocenters. The van der Waals surface area contributed by atoms with E-state index in [0.717, 1.165) is 12.6 Å². The van der Waals surface area contributed by atoms with Gasteiger partial charge in [0.15, 0.2) is 0 Å². The predicted molar refractivity (Wildman–Crippen MR) is 69.4 cm³/mol. The summed E-state index contributed by atoms with van der Waals surface area (Å²) in [6.07, 6.45) is 8.13. The summed E-state index contributed by atoms with van der Waals surface area (Å²) >= 11 is 0. The molecule has 0 aromatic heterocycles. The normalized spacial score (nSPS) is 34.3. The van der Waals surface area contributed by atoms with Crippen molar-refractivity contribution in [2.75, 3.05) is 13.1 Å². The minimum absolute atomic E-state index is 0.317. The van der Waals surface area contributed by atoms with Crippen LogP contribution in [0, 0.1) is 5.41 Å². The van der Waals surface area contributed by atoms with Gasteiger partial charge in [0.25, 0.3) is 0 Å². The van der Waals surface area contributed by atoms with E-state index in [4.69, 9.17) is 5.73 Å². The van der Waals surface area contributed by atoms with E-state index >= 15 is 0 Å². The van der Waals surface area contributed by atoms with E-state index in [0.29, 0.717) is 11.0 Å². The van der Waals surface area contributed by atoms with E-state index < -0.39 is 0 Å². The monoisotopic (exact) mass is 224 g/mol. The molecule has 2 aliphatic rings. The lowest BCUT2D eigenvalue weighted by atomic mass is 9.67. The molecular formula is C14H28N2. The van der Waals surface area contributed by atoms with Crippen molar-refractivity contribution in [2.24, 2.45) is 11.1 Å². The van der Waals surface area contributed by atoms with E-state index in [9.17, 15) is 0 Å². The van der Waals surface area contributed by atoms with Crippen molar-refractivity contribution < 1.29 is 0 Å². The van der Waals surface area contributed by atoms with Crippen LogP contribution in [0.3, 0.4) is 0 Å². The summed E-state index contributed by atoms with van der Waals surface area (Å²) in [6.45, 7) is 9.16. The first-order valence-corrected chi connectivity index (χ1v) is 7.00. The van der Waals surface area contributed by atoms with Crippen molar-refractivity contribution in [3.63, 3.8) is 0 Å². The highest BCUT2D eigenvalue weighted by molar-refractivity contribution is 5.03. The lowest BCUT2D eigenvalue weighted by Crippen LogP contribution is -2.58. The maximum atomic E-state index is 6.16. The zero-order chi connectivity index (χ0) is 11.8. The standard InChI is InChI=1S/C14H28N2/c1-4-16(12-6-7-12)14(11-15)9-5-8-13(2,3)10-14/h12H,4-11,15H2,1-3H3. The molecule has 0 aromatic rings. The lowest BCUT2D eigenvalue weighted by Gasteiger charge is -2.51. The topological polar surface area (TPSA) is 29.3 Å². The number of likely N-dealkylation sites (N-methyl/N-ethyl adjacent to an activating group) is 1. The fourth-order valence-electron chi connectivity index (χ4n) is 3.87. The molecule has 2 saturated carbocycles. The van der Waals surface area contributed by atoms with Crippen molar-refractivity contribution in [1.29, 1.82) is 0 Å². The van der Waals surface area contributed by atoms with E-state index in [1.165, 1.54) is 45.1 Å². The molecule has 1 unspecified atom stereocenters. The summed E-state index contributed by atoms with van der Waals surface area (Å²) in [4.78, 5) is 2.73. The number of nitrogens with zero attached hydrogens (tertiary/aromatic N) is 1. The molecule has 0 amide bonds. The van der Waals surface area contributed by atoms with Gasteiger partial charge in [-0.3, -0.25) is 4.90 Å². The van der Waals surface area contributed by atoms with Gasteiger partial charge in [-0.1, -0.05) is 27.2 Å². The summed E-state index contributed by atoms with van der Waals surface area (Å²) in [6, 6.07) is 0.849. The van der Waals surface area contributed by atoms with Crippen LogP contribution >= 0.6 is 0 Å². The second-order valence-corrected chi connectivity index (χ2v) is 6.64. The Morgan fingerprint density at radius 2 is 1.94 bits per heavy atom. The van der Waals surface area contributed by atoms with E-state index in [1.807, 2.05) is 0 Å². The van der Waals surface area contributed by atoms with Gasteiger partial charge in [0.1, 0.15) is 0 Å². The van der Waals surface area contributed by atoms with Gasteiger partial charge in [-0.25, -0.2) is 0 Å². The molecule has 0 aliphatic heterocycles. The van der Waals surface area contributed by atoms with Crippen LogP contribution in [0.1, 0.15) is 59.3 Å². The van der Waals surface area contributed by atoms with Crippen LogP contribution in [-0.4, -0.2) is 29.6 Å². The SMILES string of the molecule is CCN(C1CC1)C1(CN)CCCC(C)(C)C1. The van der Waals surface area contributed by atoms with Gasteiger partial charge in [-0.2, -0.15) is 0 Å². The zero-order valence-corrected chi connectivity index (χ0v) is 11.3. The zero-order valence-electron chi connectivity index (χ0n) is 11.3. The molecule has 2 aliphatic carbocycles. The van der Waals surface area contributed by atoms with Crippen LogP contribution in [0.5, 0.6) is 0 Å². The summed E-state index contributed by atoms with van der Waals surface area (Å²) < 4.78 is 0. The van der Waals surface area contributed by atoms with Gasteiger partial charge in [-0.15, -0.1) is 0 Å². The van der Waals surface area contributed by atoms with Crippen LogP contribution < -0.4 is 5.73 Å². The van der Waals surface area contributed by atoms with Crippen LogP contribution in [-0.2, 0) is 0 Å². The predicted octanol–water partition coefficient (Wildman–Crippen LogP) is 2.77. The smallest absolute Gasteiger partial charge is 0.0339 e. The lowest BCUT2D eigenvalue weighted by molar-refractivity contribution is 0.00734. The average molecular weight is 224 g/mol. The molecule has 0 radical (unpaired) electrons. The number of hydrogen-bond acceptors (Lipinski definition) is 2. The van der Waals surface area contributed by atoms with Crippen LogP contribution in [0.15, 0.2) is 0 Å². The van der Waals surface area contributed by atoms with Crippen molar-refractivity contribution in [3.05, 3.63) is 0 Å². The molecule has 2 nitrogen and oxygen atoms in total. The van der Waals surface area contributed by atoms with Gasteiger partial charge < -0.3 is 5.73 Å². The maximum absolute atomic E-state index is 6.16. The molecule has 16 heavy (non-hydrogen) atoms. The minimum atomic E-state index is 0.317. The number of nitrogens with two attached hydrogens (primary N) is 1. The molecule has 2 N–H and O–H groups in total. The van der Waals surface area contributed by atoms with Gasteiger partial charge in [0.05, 0.1) is 0 Å².